The smallest absolute Gasteiger partial charge is 0.235 e. The van der Waals surface area contributed by atoms with Crippen molar-refractivity contribution < 1.29 is 9.13 Å². The Morgan fingerprint density at radius 1 is 1.08 bits per heavy atom. The summed E-state index contributed by atoms with van der Waals surface area (Å²) in [6, 6.07) is 12.4. The molecular formula is C16H10BrFN4OS. The van der Waals surface area contributed by atoms with Crippen molar-refractivity contribution >= 4 is 32.2 Å². The molecule has 0 saturated carbocycles. The summed E-state index contributed by atoms with van der Waals surface area (Å²) in [7, 11) is 1.63. The lowest BCUT2D eigenvalue weighted by Crippen LogP contribution is -1.92. The number of ether oxygens (including phenoxy) is 1. The molecule has 5 nitrogen and oxygen atoms in total. The Kier molecular flexibility index (Phi) is 3.78. The van der Waals surface area contributed by atoms with E-state index in [2.05, 4.69) is 31.2 Å². The predicted molar refractivity (Wildman–Crippen MR) is 93.7 cm³/mol. The van der Waals surface area contributed by atoms with Crippen LogP contribution >= 0.6 is 27.3 Å². The number of methoxy groups -OCH3 is 1. The van der Waals surface area contributed by atoms with Crippen molar-refractivity contribution in [1.29, 1.82) is 0 Å². The summed E-state index contributed by atoms with van der Waals surface area (Å²) in [6.45, 7) is 0. The minimum Gasteiger partial charge on any atom is -0.497 e. The third-order valence-corrected chi connectivity index (χ3v) is 5.06. The number of halogens is 2. The van der Waals surface area contributed by atoms with Crippen molar-refractivity contribution in [3.8, 4) is 27.7 Å². The number of fused-ring (bicyclic) bond motifs is 1. The summed E-state index contributed by atoms with van der Waals surface area (Å²) in [4.78, 5) is 0.677. The fraction of sp³-hybridized carbons (Fsp3) is 0.0625. The highest BCUT2D eigenvalue weighted by Crippen LogP contribution is 2.30. The first-order valence-electron chi connectivity index (χ1n) is 6.98. The Hall–Kier alpha value is -2.32. The summed E-state index contributed by atoms with van der Waals surface area (Å²) in [5, 5.41) is 13.7. The van der Waals surface area contributed by atoms with E-state index in [1.807, 2.05) is 24.3 Å². The minimum absolute atomic E-state index is 0.322. The van der Waals surface area contributed by atoms with Gasteiger partial charge in [-0.1, -0.05) is 11.3 Å². The molecule has 0 spiro atoms. The molecule has 0 radical (unpaired) electrons. The fourth-order valence-electron chi connectivity index (χ4n) is 2.28. The maximum absolute atomic E-state index is 13.4. The molecule has 0 fully saturated rings. The average Bonchev–Trinajstić information content (AvgIpc) is 3.18. The summed E-state index contributed by atoms with van der Waals surface area (Å²) in [5.74, 6) is 1.04. The molecule has 0 atom stereocenters. The fourth-order valence-corrected chi connectivity index (χ4v) is 3.51. The van der Waals surface area contributed by atoms with Crippen LogP contribution in [-0.2, 0) is 0 Å². The number of benzene rings is 2. The molecule has 0 amide bonds. The van der Waals surface area contributed by atoms with E-state index >= 15 is 0 Å². The predicted octanol–water partition coefficient (Wildman–Crippen LogP) is 4.43. The van der Waals surface area contributed by atoms with Crippen molar-refractivity contribution in [1.82, 2.24) is 19.8 Å². The molecule has 0 aliphatic carbocycles. The molecule has 0 aliphatic rings. The van der Waals surface area contributed by atoms with E-state index in [4.69, 9.17) is 4.74 Å². The lowest BCUT2D eigenvalue weighted by atomic mass is 10.2. The average molecular weight is 405 g/mol. The highest BCUT2D eigenvalue weighted by Gasteiger charge is 2.15. The van der Waals surface area contributed by atoms with Gasteiger partial charge >= 0.3 is 0 Å². The van der Waals surface area contributed by atoms with Crippen molar-refractivity contribution in [2.45, 2.75) is 0 Å². The van der Waals surface area contributed by atoms with Gasteiger partial charge in [0.2, 0.25) is 4.96 Å². The maximum atomic E-state index is 13.4. The number of nitrogens with zero attached hydrogens (tertiary/aromatic N) is 4. The van der Waals surface area contributed by atoms with E-state index in [0.717, 1.165) is 21.9 Å². The second kappa shape index (κ2) is 5.95. The van der Waals surface area contributed by atoms with Gasteiger partial charge in [-0.25, -0.2) is 4.39 Å². The van der Waals surface area contributed by atoms with Crippen LogP contribution in [0.1, 0.15) is 0 Å². The Balaban J connectivity index is 1.79. The molecule has 0 saturated heterocycles. The molecule has 2 aromatic carbocycles. The molecule has 4 aromatic rings. The first kappa shape index (κ1) is 15.2. The Labute approximate surface area is 148 Å². The van der Waals surface area contributed by atoms with Gasteiger partial charge in [-0.05, 0) is 58.4 Å². The van der Waals surface area contributed by atoms with Crippen LogP contribution in [0.5, 0.6) is 5.75 Å². The van der Waals surface area contributed by atoms with Gasteiger partial charge in [-0.2, -0.15) is 9.61 Å². The lowest BCUT2D eigenvalue weighted by Gasteiger charge is -2.00. The van der Waals surface area contributed by atoms with Crippen LogP contribution in [0, 0.1) is 5.82 Å². The van der Waals surface area contributed by atoms with E-state index in [-0.39, 0.29) is 5.82 Å². The van der Waals surface area contributed by atoms with E-state index in [1.54, 1.807) is 23.8 Å². The van der Waals surface area contributed by atoms with E-state index in [9.17, 15) is 4.39 Å². The van der Waals surface area contributed by atoms with Crippen LogP contribution < -0.4 is 4.74 Å². The number of hydrogen-bond donors (Lipinski definition) is 0. The SMILES string of the molecule is COc1ccc(-c2nn3c(-c4ccc(F)c(Br)c4)nnc3s2)cc1. The standard InChI is InChI=1S/C16H10BrFN4OS/c1-23-11-5-2-9(3-6-11)15-21-22-14(19-20-16(22)24-15)10-4-7-13(18)12(17)8-10/h2-8H,1H3. The van der Waals surface area contributed by atoms with Gasteiger partial charge in [-0.3, -0.25) is 0 Å². The van der Waals surface area contributed by atoms with Crippen LogP contribution in [0.3, 0.4) is 0 Å². The first-order valence-corrected chi connectivity index (χ1v) is 8.59. The molecule has 24 heavy (non-hydrogen) atoms. The molecule has 0 N–H and O–H groups in total. The molecule has 0 unspecified atom stereocenters. The molecule has 120 valence electrons. The molecule has 4 rings (SSSR count). The molecule has 0 bridgehead atoms. The van der Waals surface area contributed by atoms with E-state index in [1.165, 1.54) is 17.4 Å². The highest BCUT2D eigenvalue weighted by atomic mass is 79.9. The van der Waals surface area contributed by atoms with Gasteiger partial charge in [0.25, 0.3) is 0 Å². The zero-order valence-corrected chi connectivity index (χ0v) is 14.8. The third-order valence-electron chi connectivity index (χ3n) is 3.51. The van der Waals surface area contributed by atoms with Crippen LogP contribution in [0.2, 0.25) is 0 Å². The summed E-state index contributed by atoms with van der Waals surface area (Å²) in [5.41, 5.74) is 1.71. The molecule has 2 heterocycles. The molecule has 2 aromatic heterocycles. The Morgan fingerprint density at radius 2 is 1.83 bits per heavy atom. The van der Waals surface area contributed by atoms with Crippen LogP contribution in [0.25, 0.3) is 26.9 Å². The molecular weight excluding hydrogens is 395 g/mol. The number of aromatic nitrogens is 4. The van der Waals surface area contributed by atoms with Crippen LogP contribution in [-0.4, -0.2) is 26.9 Å². The normalized spacial score (nSPS) is 11.1. The summed E-state index contributed by atoms with van der Waals surface area (Å²) >= 11 is 4.63. The van der Waals surface area contributed by atoms with E-state index < -0.39 is 0 Å². The van der Waals surface area contributed by atoms with Crippen LogP contribution in [0.4, 0.5) is 4.39 Å². The lowest BCUT2D eigenvalue weighted by molar-refractivity contribution is 0.415. The summed E-state index contributed by atoms with van der Waals surface area (Å²) in [6.07, 6.45) is 0. The maximum Gasteiger partial charge on any atom is 0.235 e. The van der Waals surface area contributed by atoms with Gasteiger partial charge < -0.3 is 4.74 Å². The number of rotatable bonds is 3. The minimum atomic E-state index is -0.322. The Morgan fingerprint density at radius 3 is 2.54 bits per heavy atom. The van der Waals surface area contributed by atoms with Gasteiger partial charge in [0, 0.05) is 11.1 Å². The number of hydrogen-bond acceptors (Lipinski definition) is 5. The summed E-state index contributed by atoms with van der Waals surface area (Å²) < 4.78 is 20.6. The van der Waals surface area contributed by atoms with Crippen molar-refractivity contribution in [2.24, 2.45) is 0 Å². The van der Waals surface area contributed by atoms with Crippen molar-refractivity contribution in [3.63, 3.8) is 0 Å². The third kappa shape index (κ3) is 2.57. The van der Waals surface area contributed by atoms with Gasteiger partial charge in [0.05, 0.1) is 11.6 Å². The quantitative estimate of drug-likeness (QED) is 0.506. The largest absolute Gasteiger partial charge is 0.497 e. The second-order valence-corrected chi connectivity index (χ2v) is 6.79. The van der Waals surface area contributed by atoms with Gasteiger partial charge in [0.15, 0.2) is 5.82 Å². The van der Waals surface area contributed by atoms with Crippen LogP contribution in [0.15, 0.2) is 46.9 Å². The molecule has 8 heteroatoms. The first-order chi connectivity index (χ1) is 11.7. The van der Waals surface area contributed by atoms with E-state index in [0.29, 0.717) is 15.3 Å². The second-order valence-electron chi connectivity index (χ2n) is 4.98. The highest BCUT2D eigenvalue weighted by molar-refractivity contribution is 9.10. The van der Waals surface area contributed by atoms with Gasteiger partial charge in [-0.15, -0.1) is 10.2 Å². The van der Waals surface area contributed by atoms with Crippen molar-refractivity contribution in [2.75, 3.05) is 7.11 Å². The zero-order valence-electron chi connectivity index (χ0n) is 12.4. The monoisotopic (exact) mass is 404 g/mol. The molecule has 0 aliphatic heterocycles. The Bertz CT molecular complexity index is 1030. The van der Waals surface area contributed by atoms with Crippen molar-refractivity contribution in [3.05, 3.63) is 52.8 Å². The zero-order chi connectivity index (χ0) is 16.7. The topological polar surface area (TPSA) is 52.3 Å². The van der Waals surface area contributed by atoms with Gasteiger partial charge in [0.1, 0.15) is 16.6 Å².